The summed E-state index contributed by atoms with van der Waals surface area (Å²) in [6.07, 6.45) is 0.339. The van der Waals surface area contributed by atoms with Gasteiger partial charge in [0.25, 0.3) is 0 Å². The molecule has 0 saturated carbocycles. The molecule has 1 heterocycles. The van der Waals surface area contributed by atoms with Crippen molar-refractivity contribution in [3.63, 3.8) is 0 Å². The van der Waals surface area contributed by atoms with Crippen LogP contribution in [0.1, 0.15) is 23.0 Å². The summed E-state index contributed by atoms with van der Waals surface area (Å²) in [4.78, 5) is 0. The number of rotatable bonds is 3. The predicted octanol–water partition coefficient (Wildman–Crippen LogP) is 2.82. The Morgan fingerprint density at radius 2 is 2.12 bits per heavy atom. The Morgan fingerprint density at radius 1 is 1.35 bits per heavy atom. The summed E-state index contributed by atoms with van der Waals surface area (Å²) in [6.45, 7) is 1.79. The molecular weight excluding hydrogens is 223 g/mol. The summed E-state index contributed by atoms with van der Waals surface area (Å²) >= 11 is 0. The molecule has 1 atom stereocenters. The molecule has 0 aliphatic rings. The Kier molecular flexibility index (Phi) is 3.15. The number of furan rings is 1. The zero-order valence-electron chi connectivity index (χ0n) is 9.61. The highest BCUT2D eigenvalue weighted by Crippen LogP contribution is 2.30. The van der Waals surface area contributed by atoms with Crippen molar-refractivity contribution in [3.05, 3.63) is 53.2 Å². The van der Waals surface area contributed by atoms with E-state index in [1.54, 1.807) is 19.1 Å². The normalized spacial score (nSPS) is 12.5. The molecule has 1 aromatic carbocycles. The first-order valence-electron chi connectivity index (χ1n) is 5.19. The smallest absolute Gasteiger partial charge is 0.171 e. The van der Waals surface area contributed by atoms with Gasteiger partial charge in [-0.1, -0.05) is 12.1 Å². The Morgan fingerprint density at radius 3 is 2.71 bits per heavy atom. The van der Waals surface area contributed by atoms with Crippen LogP contribution in [0.5, 0.6) is 5.75 Å². The van der Waals surface area contributed by atoms with E-state index in [0.717, 1.165) is 5.56 Å². The van der Waals surface area contributed by atoms with Crippen LogP contribution in [0.3, 0.4) is 0 Å². The van der Waals surface area contributed by atoms with Gasteiger partial charge >= 0.3 is 0 Å². The molecule has 0 radical (unpaired) electrons. The Hall–Kier alpha value is -1.81. The Bertz CT molecular complexity index is 519. The van der Waals surface area contributed by atoms with Crippen LogP contribution in [0.25, 0.3) is 0 Å². The van der Waals surface area contributed by atoms with Crippen molar-refractivity contribution >= 4 is 0 Å². The quantitative estimate of drug-likeness (QED) is 0.891. The minimum atomic E-state index is -1.12. The molecule has 0 spiro atoms. The first kappa shape index (κ1) is 11.7. The highest BCUT2D eigenvalue weighted by Gasteiger charge is 2.21. The van der Waals surface area contributed by atoms with Crippen molar-refractivity contribution in [3.8, 4) is 5.75 Å². The Labute approximate surface area is 98.5 Å². The van der Waals surface area contributed by atoms with Crippen LogP contribution in [0.2, 0.25) is 0 Å². The maximum absolute atomic E-state index is 13.9. The molecule has 0 bridgehead atoms. The van der Waals surface area contributed by atoms with E-state index < -0.39 is 11.9 Å². The van der Waals surface area contributed by atoms with Crippen molar-refractivity contribution in [1.82, 2.24) is 0 Å². The molecule has 0 amide bonds. The van der Waals surface area contributed by atoms with Crippen molar-refractivity contribution in [2.24, 2.45) is 0 Å². The highest BCUT2D eigenvalue weighted by atomic mass is 19.1. The summed E-state index contributed by atoms with van der Waals surface area (Å²) in [5, 5.41) is 10.1. The largest absolute Gasteiger partial charge is 0.494 e. The van der Waals surface area contributed by atoms with Crippen molar-refractivity contribution in [2.75, 3.05) is 7.11 Å². The number of hydrogen-bond donors (Lipinski definition) is 1. The molecule has 0 aliphatic carbocycles. The lowest BCUT2D eigenvalue weighted by molar-refractivity contribution is 0.182. The predicted molar refractivity (Wildman–Crippen MR) is 60.5 cm³/mol. The number of methoxy groups -OCH3 is 1. The maximum Gasteiger partial charge on any atom is 0.171 e. The lowest BCUT2D eigenvalue weighted by Crippen LogP contribution is -2.04. The first-order chi connectivity index (χ1) is 8.15. The molecule has 1 unspecified atom stereocenters. The standard InChI is InChI=1S/C13H13FO3/c1-8-6-7-17-13(8)12(15)9-4-3-5-10(16-2)11(9)14/h3-7,12,15H,1-2H3. The topological polar surface area (TPSA) is 42.6 Å². The second-order valence-corrected chi connectivity index (χ2v) is 3.73. The molecule has 1 aromatic heterocycles. The maximum atomic E-state index is 13.9. The third-order valence-electron chi connectivity index (χ3n) is 2.66. The number of ether oxygens (including phenoxy) is 1. The zero-order valence-corrected chi connectivity index (χ0v) is 9.61. The molecule has 0 fully saturated rings. The number of hydrogen-bond acceptors (Lipinski definition) is 3. The molecule has 90 valence electrons. The third kappa shape index (κ3) is 2.03. The van der Waals surface area contributed by atoms with Gasteiger partial charge in [0.15, 0.2) is 11.6 Å². The average molecular weight is 236 g/mol. The number of aliphatic hydroxyl groups excluding tert-OH is 1. The molecule has 4 heteroatoms. The van der Waals surface area contributed by atoms with Gasteiger partial charge in [-0.2, -0.15) is 0 Å². The van der Waals surface area contributed by atoms with E-state index >= 15 is 0 Å². The van der Waals surface area contributed by atoms with E-state index in [4.69, 9.17) is 9.15 Å². The summed E-state index contributed by atoms with van der Waals surface area (Å²) in [6, 6.07) is 6.35. The summed E-state index contributed by atoms with van der Waals surface area (Å²) < 4.78 is 23.9. The molecule has 0 saturated heterocycles. The fourth-order valence-corrected chi connectivity index (χ4v) is 1.70. The van der Waals surface area contributed by atoms with Crippen LogP contribution in [0.15, 0.2) is 34.9 Å². The monoisotopic (exact) mass is 236 g/mol. The molecule has 17 heavy (non-hydrogen) atoms. The minimum Gasteiger partial charge on any atom is -0.494 e. The molecule has 2 rings (SSSR count). The van der Waals surface area contributed by atoms with Crippen LogP contribution in [0, 0.1) is 12.7 Å². The van der Waals surface area contributed by atoms with Gasteiger partial charge in [-0.05, 0) is 24.6 Å². The van der Waals surface area contributed by atoms with Gasteiger partial charge in [-0.25, -0.2) is 4.39 Å². The van der Waals surface area contributed by atoms with Gasteiger partial charge in [0, 0.05) is 5.56 Å². The number of aliphatic hydroxyl groups is 1. The molecule has 2 aromatic rings. The van der Waals surface area contributed by atoms with Gasteiger partial charge in [0.2, 0.25) is 0 Å². The van der Waals surface area contributed by atoms with Gasteiger partial charge < -0.3 is 14.3 Å². The molecule has 1 N–H and O–H groups in total. The van der Waals surface area contributed by atoms with Gasteiger partial charge in [0.1, 0.15) is 11.9 Å². The SMILES string of the molecule is COc1cccc(C(O)c2occc2C)c1F. The van der Waals surface area contributed by atoms with E-state index in [-0.39, 0.29) is 11.3 Å². The number of aryl methyl sites for hydroxylation is 1. The lowest BCUT2D eigenvalue weighted by atomic mass is 10.0. The summed E-state index contributed by atoms with van der Waals surface area (Å²) in [5.41, 5.74) is 0.919. The summed E-state index contributed by atoms with van der Waals surface area (Å²) in [5.74, 6) is -0.124. The van der Waals surface area contributed by atoms with Gasteiger partial charge in [0.05, 0.1) is 13.4 Å². The molecular formula is C13H13FO3. The summed E-state index contributed by atoms with van der Waals surface area (Å²) in [7, 11) is 1.38. The average Bonchev–Trinajstić information content (AvgIpc) is 2.75. The molecule has 3 nitrogen and oxygen atoms in total. The van der Waals surface area contributed by atoms with Crippen LogP contribution in [-0.4, -0.2) is 12.2 Å². The fourth-order valence-electron chi connectivity index (χ4n) is 1.70. The van der Waals surface area contributed by atoms with E-state index in [0.29, 0.717) is 5.76 Å². The van der Waals surface area contributed by atoms with Crippen LogP contribution < -0.4 is 4.74 Å². The molecule has 0 aliphatic heterocycles. The van der Waals surface area contributed by atoms with Crippen LogP contribution in [0.4, 0.5) is 4.39 Å². The van der Waals surface area contributed by atoms with E-state index in [2.05, 4.69) is 0 Å². The van der Waals surface area contributed by atoms with Crippen LogP contribution >= 0.6 is 0 Å². The number of benzene rings is 1. The van der Waals surface area contributed by atoms with E-state index in [1.165, 1.54) is 25.5 Å². The van der Waals surface area contributed by atoms with E-state index in [9.17, 15) is 9.50 Å². The highest BCUT2D eigenvalue weighted by molar-refractivity contribution is 5.36. The lowest BCUT2D eigenvalue weighted by Gasteiger charge is -2.12. The van der Waals surface area contributed by atoms with Gasteiger partial charge in [-0.3, -0.25) is 0 Å². The second kappa shape index (κ2) is 4.59. The second-order valence-electron chi connectivity index (χ2n) is 3.73. The van der Waals surface area contributed by atoms with Crippen molar-refractivity contribution in [2.45, 2.75) is 13.0 Å². The minimum absolute atomic E-state index is 0.103. The third-order valence-corrected chi connectivity index (χ3v) is 2.66. The number of halogens is 1. The van der Waals surface area contributed by atoms with Gasteiger partial charge in [-0.15, -0.1) is 0 Å². The van der Waals surface area contributed by atoms with Crippen molar-refractivity contribution in [1.29, 1.82) is 0 Å². The fraction of sp³-hybridized carbons (Fsp3) is 0.231. The van der Waals surface area contributed by atoms with Crippen molar-refractivity contribution < 1.29 is 18.7 Å². The zero-order chi connectivity index (χ0) is 12.4. The Balaban J connectivity index is 2.44. The first-order valence-corrected chi connectivity index (χ1v) is 5.19. The van der Waals surface area contributed by atoms with E-state index in [1.807, 2.05) is 0 Å². The van der Waals surface area contributed by atoms with Crippen LogP contribution in [-0.2, 0) is 0 Å².